The van der Waals surface area contributed by atoms with E-state index in [4.69, 9.17) is 23.2 Å². The zero-order valence-corrected chi connectivity index (χ0v) is 18.2. The van der Waals surface area contributed by atoms with Crippen LogP contribution >= 0.6 is 23.2 Å². The first-order valence-corrected chi connectivity index (χ1v) is 10.9. The molecule has 2 heterocycles. The maximum atomic E-state index is 12.9. The van der Waals surface area contributed by atoms with Crippen LogP contribution < -0.4 is 0 Å². The number of carbonyl (C=O) groups is 2. The Hall–Kier alpha value is -2.37. The predicted molar refractivity (Wildman–Crippen MR) is 117 cm³/mol. The second kappa shape index (κ2) is 7.10. The van der Waals surface area contributed by atoms with Gasteiger partial charge in [0, 0.05) is 22.0 Å². The van der Waals surface area contributed by atoms with E-state index in [-0.39, 0.29) is 35.5 Å². The highest BCUT2D eigenvalue weighted by Gasteiger charge is 2.56. The first-order chi connectivity index (χ1) is 14.4. The van der Waals surface area contributed by atoms with E-state index in [2.05, 4.69) is 17.3 Å². The number of hydrogen-bond donors (Lipinski definition) is 0. The van der Waals surface area contributed by atoms with Crippen LogP contribution in [-0.2, 0) is 9.59 Å². The number of aromatic nitrogens is 1. The molecule has 1 aromatic carbocycles. The average Bonchev–Trinajstić information content (AvgIpc) is 3.16. The lowest BCUT2D eigenvalue weighted by molar-refractivity contribution is -0.140. The van der Waals surface area contributed by atoms with Crippen LogP contribution in [0, 0.1) is 37.5 Å². The van der Waals surface area contributed by atoms with Gasteiger partial charge in [0.25, 0.3) is 11.8 Å². The van der Waals surface area contributed by atoms with Crippen molar-refractivity contribution in [1.29, 1.82) is 0 Å². The number of carbonyl (C=O) groups excluding carboxylic acids is 2. The topological polar surface area (TPSA) is 54.7 Å². The summed E-state index contributed by atoms with van der Waals surface area (Å²) < 4.78 is 2.01. The molecule has 2 aromatic rings. The predicted octanol–water partition coefficient (Wildman–Crippen LogP) is 4.93. The Morgan fingerprint density at radius 2 is 1.63 bits per heavy atom. The summed E-state index contributed by atoms with van der Waals surface area (Å²) in [4.78, 5) is 25.9. The molecule has 1 aromatic heterocycles. The third-order valence-corrected chi connectivity index (χ3v) is 7.21. The Kier molecular flexibility index (Phi) is 4.64. The molecule has 0 unspecified atom stereocenters. The van der Waals surface area contributed by atoms with Gasteiger partial charge < -0.3 is 4.57 Å². The first kappa shape index (κ1) is 19.6. The molecule has 1 saturated heterocycles. The molecule has 4 aliphatic rings. The molecule has 154 valence electrons. The standard InChI is InChI=1S/C23H21Cl2N3O2/c1-12-9-16(13(2)27(12)19-8-7-17(24)10-18(19)25)11-26-28-22(29)20-14-3-4-15(6-5-14)21(20)23(28)30/h3-4,7-11,14-15,20-21H,5-6H2,1-2H3/b26-11-/t14-,15-,20+,21+/m0/s1. The van der Waals surface area contributed by atoms with Crippen LogP contribution in [0.25, 0.3) is 5.69 Å². The first-order valence-electron chi connectivity index (χ1n) is 10.1. The third kappa shape index (κ3) is 2.87. The van der Waals surface area contributed by atoms with Crippen molar-refractivity contribution in [1.82, 2.24) is 9.58 Å². The fourth-order valence-corrected chi connectivity index (χ4v) is 5.74. The molecule has 30 heavy (non-hydrogen) atoms. The number of fused-ring (bicyclic) bond motifs is 1. The maximum absolute atomic E-state index is 12.9. The Balaban J connectivity index is 1.46. The van der Waals surface area contributed by atoms with Crippen molar-refractivity contribution in [2.24, 2.45) is 28.8 Å². The molecule has 7 heteroatoms. The van der Waals surface area contributed by atoms with Gasteiger partial charge in [0.05, 0.1) is 28.8 Å². The van der Waals surface area contributed by atoms with Gasteiger partial charge in [-0.05, 0) is 62.8 Å². The van der Waals surface area contributed by atoms with Crippen LogP contribution in [-0.4, -0.2) is 27.6 Å². The van der Waals surface area contributed by atoms with Gasteiger partial charge in [-0.1, -0.05) is 35.4 Å². The Labute approximate surface area is 184 Å². The van der Waals surface area contributed by atoms with E-state index < -0.39 is 0 Å². The molecule has 1 aliphatic heterocycles. The number of hydrogen-bond acceptors (Lipinski definition) is 3. The minimum Gasteiger partial charge on any atom is -0.316 e. The Bertz CT molecular complexity index is 1100. The molecule has 0 spiro atoms. The number of imide groups is 1. The Morgan fingerprint density at radius 3 is 2.20 bits per heavy atom. The quantitative estimate of drug-likeness (QED) is 0.385. The van der Waals surface area contributed by atoms with Gasteiger partial charge in [-0.25, -0.2) is 0 Å². The molecule has 5 nitrogen and oxygen atoms in total. The fraction of sp³-hybridized carbons (Fsp3) is 0.348. The summed E-state index contributed by atoms with van der Waals surface area (Å²) in [6.07, 6.45) is 7.77. The van der Waals surface area contributed by atoms with Crippen molar-refractivity contribution in [2.45, 2.75) is 26.7 Å². The summed E-state index contributed by atoms with van der Waals surface area (Å²) in [5, 5.41) is 6.55. The van der Waals surface area contributed by atoms with Crippen LogP contribution in [0.15, 0.2) is 41.5 Å². The van der Waals surface area contributed by atoms with E-state index in [1.54, 1.807) is 18.3 Å². The van der Waals surface area contributed by atoms with Gasteiger partial charge in [-0.2, -0.15) is 10.1 Å². The highest BCUT2D eigenvalue weighted by atomic mass is 35.5. The number of halogens is 2. The maximum Gasteiger partial charge on any atom is 0.254 e. The summed E-state index contributed by atoms with van der Waals surface area (Å²) >= 11 is 12.4. The summed E-state index contributed by atoms with van der Waals surface area (Å²) in [7, 11) is 0. The molecule has 6 rings (SSSR count). The Morgan fingerprint density at radius 1 is 1.00 bits per heavy atom. The summed E-state index contributed by atoms with van der Waals surface area (Å²) in [6, 6.07) is 7.33. The van der Waals surface area contributed by atoms with Crippen molar-refractivity contribution in [3.63, 3.8) is 0 Å². The second-order valence-electron chi connectivity index (χ2n) is 8.33. The van der Waals surface area contributed by atoms with Gasteiger partial charge in [0.15, 0.2) is 0 Å². The van der Waals surface area contributed by atoms with Crippen LogP contribution in [0.5, 0.6) is 0 Å². The lowest BCUT2D eigenvalue weighted by Crippen LogP contribution is -2.38. The number of rotatable bonds is 3. The lowest BCUT2D eigenvalue weighted by Gasteiger charge is -2.37. The molecular weight excluding hydrogens is 421 g/mol. The van der Waals surface area contributed by atoms with Crippen LogP contribution in [0.2, 0.25) is 10.0 Å². The van der Waals surface area contributed by atoms with Crippen molar-refractivity contribution in [3.05, 3.63) is 63.4 Å². The number of nitrogens with zero attached hydrogens (tertiary/aromatic N) is 3. The van der Waals surface area contributed by atoms with Gasteiger partial charge in [0.2, 0.25) is 0 Å². The molecular formula is C23H21Cl2N3O2. The SMILES string of the molecule is Cc1cc(/C=N\N2C(=O)[C@H]3[C@H](C2=O)[C@H]2C=C[C@H]3CC2)c(C)n1-c1ccc(Cl)cc1Cl. The molecule has 2 fully saturated rings. The minimum absolute atomic E-state index is 0.161. The van der Waals surface area contributed by atoms with E-state index >= 15 is 0 Å². The third-order valence-electron chi connectivity index (χ3n) is 6.67. The molecule has 2 amide bonds. The van der Waals surface area contributed by atoms with Gasteiger partial charge in [-0.15, -0.1) is 0 Å². The molecule has 1 saturated carbocycles. The number of amides is 2. The number of hydrazone groups is 1. The van der Waals surface area contributed by atoms with Crippen LogP contribution in [0.3, 0.4) is 0 Å². The van der Waals surface area contributed by atoms with E-state index in [0.29, 0.717) is 10.0 Å². The second-order valence-corrected chi connectivity index (χ2v) is 9.18. The van der Waals surface area contributed by atoms with Gasteiger partial charge in [-0.3, -0.25) is 9.59 Å². The van der Waals surface area contributed by atoms with E-state index in [0.717, 1.165) is 40.5 Å². The summed E-state index contributed by atoms with van der Waals surface area (Å²) in [5.74, 6) is -0.523. The number of aryl methyl sites for hydroxylation is 1. The highest BCUT2D eigenvalue weighted by Crippen LogP contribution is 2.49. The highest BCUT2D eigenvalue weighted by molar-refractivity contribution is 6.35. The molecule has 2 bridgehead atoms. The molecule has 4 atom stereocenters. The van der Waals surface area contributed by atoms with E-state index in [9.17, 15) is 9.59 Å². The smallest absolute Gasteiger partial charge is 0.254 e. The van der Waals surface area contributed by atoms with Crippen molar-refractivity contribution >= 4 is 41.2 Å². The van der Waals surface area contributed by atoms with Crippen LogP contribution in [0.4, 0.5) is 0 Å². The van der Waals surface area contributed by atoms with Crippen molar-refractivity contribution < 1.29 is 9.59 Å². The number of benzene rings is 1. The summed E-state index contributed by atoms with van der Waals surface area (Å²) in [5.41, 5.74) is 3.53. The number of allylic oxidation sites excluding steroid dienone is 2. The molecule has 0 radical (unpaired) electrons. The van der Waals surface area contributed by atoms with E-state index in [1.807, 2.05) is 30.5 Å². The largest absolute Gasteiger partial charge is 0.316 e. The summed E-state index contributed by atoms with van der Waals surface area (Å²) in [6.45, 7) is 3.93. The molecule has 0 N–H and O–H groups in total. The monoisotopic (exact) mass is 441 g/mol. The van der Waals surface area contributed by atoms with Gasteiger partial charge >= 0.3 is 0 Å². The fourth-order valence-electron chi connectivity index (χ4n) is 5.24. The van der Waals surface area contributed by atoms with Crippen molar-refractivity contribution in [2.75, 3.05) is 0 Å². The van der Waals surface area contributed by atoms with Crippen LogP contribution in [0.1, 0.15) is 29.8 Å². The zero-order chi connectivity index (χ0) is 21.2. The van der Waals surface area contributed by atoms with Crippen molar-refractivity contribution in [3.8, 4) is 5.69 Å². The lowest BCUT2D eigenvalue weighted by atomic mass is 9.63. The average molecular weight is 442 g/mol. The normalized spacial score (nSPS) is 27.5. The van der Waals surface area contributed by atoms with Gasteiger partial charge in [0.1, 0.15) is 0 Å². The molecule has 3 aliphatic carbocycles. The zero-order valence-electron chi connectivity index (χ0n) is 16.7. The minimum atomic E-state index is -0.251. The van der Waals surface area contributed by atoms with E-state index in [1.165, 1.54) is 0 Å².